The summed E-state index contributed by atoms with van der Waals surface area (Å²) in [5, 5.41) is 4.91. The highest BCUT2D eigenvalue weighted by atomic mass is 32.1. The Morgan fingerprint density at radius 1 is 0.897 bits per heavy atom. The molecule has 6 rings (SSSR count). The molecule has 142 valence electrons. The smallest absolute Gasteiger partial charge is 0.147 e. The van der Waals surface area contributed by atoms with Gasteiger partial charge < -0.3 is 4.74 Å². The Hall–Kier alpha value is -2.69. The van der Waals surface area contributed by atoms with E-state index in [9.17, 15) is 0 Å². The molecule has 0 aliphatic carbocycles. The van der Waals surface area contributed by atoms with Crippen molar-refractivity contribution in [1.29, 1.82) is 0 Å². The summed E-state index contributed by atoms with van der Waals surface area (Å²) in [4.78, 5) is 5.16. The van der Waals surface area contributed by atoms with E-state index in [0.29, 0.717) is 0 Å². The van der Waals surface area contributed by atoms with E-state index in [2.05, 4.69) is 81.2 Å². The zero-order valence-electron chi connectivity index (χ0n) is 17.0. The SMILES string of the molecule is Cc1c2c(cc3ccccc13)-c1nc3ccccc3c3sc([Si](C)(C)C)c(c13)O2. The first kappa shape index (κ1) is 17.2. The van der Waals surface area contributed by atoms with Crippen LogP contribution in [0, 0.1) is 6.92 Å². The van der Waals surface area contributed by atoms with E-state index in [0.717, 1.165) is 28.3 Å². The lowest BCUT2D eigenvalue weighted by Crippen LogP contribution is -2.36. The highest BCUT2D eigenvalue weighted by molar-refractivity contribution is 7.32. The maximum absolute atomic E-state index is 6.74. The standard InChI is InChI=1S/C25H21NOSSi/c1-14-16-10-6-5-9-15(16)13-18-21-20-23(27-22(14)18)25(29(2,3)4)28-24(20)17-11-7-8-12-19(17)26-21/h5-13H,1-4H3. The van der Waals surface area contributed by atoms with Crippen LogP contribution in [0.25, 0.3) is 43.0 Å². The molecule has 2 nitrogen and oxygen atoms in total. The van der Waals surface area contributed by atoms with E-state index in [1.165, 1.54) is 36.3 Å². The predicted octanol–water partition coefficient (Wildman–Crippen LogP) is 7.23. The Kier molecular flexibility index (Phi) is 3.37. The molecule has 0 N–H and O–H groups in total. The largest absolute Gasteiger partial charge is 0.455 e. The number of pyridine rings is 1. The highest BCUT2D eigenvalue weighted by Crippen LogP contribution is 2.52. The first-order valence-corrected chi connectivity index (χ1v) is 14.3. The number of aryl methyl sites for hydroxylation is 1. The second kappa shape index (κ2) is 5.68. The topological polar surface area (TPSA) is 22.1 Å². The minimum Gasteiger partial charge on any atom is -0.455 e. The van der Waals surface area contributed by atoms with Gasteiger partial charge in [-0.3, -0.25) is 0 Å². The number of nitrogens with zero attached hydrogens (tertiary/aromatic N) is 1. The molecule has 4 heteroatoms. The van der Waals surface area contributed by atoms with Gasteiger partial charge in [-0.1, -0.05) is 62.1 Å². The molecule has 2 aromatic heterocycles. The van der Waals surface area contributed by atoms with Gasteiger partial charge in [0.05, 0.1) is 24.7 Å². The molecular formula is C25H21NOSSi. The Morgan fingerprint density at radius 3 is 2.41 bits per heavy atom. The Balaban J connectivity index is 1.84. The number of fused-ring (bicyclic) bond motifs is 5. The lowest BCUT2D eigenvalue weighted by molar-refractivity contribution is 0.488. The summed E-state index contributed by atoms with van der Waals surface area (Å²) < 4.78 is 9.48. The van der Waals surface area contributed by atoms with Gasteiger partial charge in [-0.2, -0.15) is 0 Å². The maximum Gasteiger partial charge on any atom is 0.147 e. The van der Waals surface area contributed by atoms with Gasteiger partial charge in [0.1, 0.15) is 11.5 Å². The van der Waals surface area contributed by atoms with E-state index in [1.807, 2.05) is 11.3 Å². The van der Waals surface area contributed by atoms with E-state index in [-0.39, 0.29) is 0 Å². The number of benzene rings is 3. The second-order valence-electron chi connectivity index (χ2n) is 8.89. The molecule has 0 bridgehead atoms. The summed E-state index contributed by atoms with van der Waals surface area (Å²) in [6.45, 7) is 9.37. The summed E-state index contributed by atoms with van der Waals surface area (Å²) in [5.41, 5.74) is 4.44. The molecule has 0 radical (unpaired) electrons. The van der Waals surface area contributed by atoms with Crippen molar-refractivity contribution in [2.75, 3.05) is 0 Å². The highest BCUT2D eigenvalue weighted by Gasteiger charge is 2.33. The van der Waals surface area contributed by atoms with Crippen LogP contribution < -0.4 is 9.24 Å². The summed E-state index contributed by atoms with van der Waals surface area (Å²) in [7, 11) is -1.58. The number of hydrogen-bond acceptors (Lipinski definition) is 3. The van der Waals surface area contributed by atoms with Crippen molar-refractivity contribution in [2.24, 2.45) is 0 Å². The number of rotatable bonds is 1. The van der Waals surface area contributed by atoms with E-state index >= 15 is 0 Å². The lowest BCUT2D eigenvalue weighted by Gasteiger charge is -2.24. The van der Waals surface area contributed by atoms with Gasteiger partial charge in [-0.25, -0.2) is 4.98 Å². The van der Waals surface area contributed by atoms with Crippen LogP contribution in [0.15, 0.2) is 54.6 Å². The average Bonchev–Trinajstić information content (AvgIpc) is 3.10. The Bertz CT molecular complexity index is 1480. The summed E-state index contributed by atoms with van der Waals surface area (Å²) in [6.07, 6.45) is 0. The zero-order chi connectivity index (χ0) is 19.9. The Labute approximate surface area is 174 Å². The fourth-order valence-corrected chi connectivity index (χ4v) is 7.87. The number of para-hydroxylation sites is 1. The summed E-state index contributed by atoms with van der Waals surface area (Å²) >= 11 is 1.92. The fraction of sp³-hybridized carbons (Fsp3) is 0.160. The van der Waals surface area contributed by atoms with Gasteiger partial charge in [0.15, 0.2) is 0 Å². The van der Waals surface area contributed by atoms with Crippen LogP contribution in [-0.4, -0.2) is 13.1 Å². The minimum absolute atomic E-state index is 0.971. The molecule has 0 amide bonds. The zero-order valence-corrected chi connectivity index (χ0v) is 18.8. The Morgan fingerprint density at radius 2 is 1.62 bits per heavy atom. The third-order valence-corrected chi connectivity index (χ3v) is 10.6. The summed E-state index contributed by atoms with van der Waals surface area (Å²) in [6, 6.07) is 19.3. The van der Waals surface area contributed by atoms with Gasteiger partial charge in [0.2, 0.25) is 0 Å². The molecule has 1 aliphatic rings. The molecule has 1 aliphatic heterocycles. The van der Waals surface area contributed by atoms with Crippen LogP contribution in [-0.2, 0) is 0 Å². The van der Waals surface area contributed by atoms with Gasteiger partial charge in [0.25, 0.3) is 0 Å². The van der Waals surface area contributed by atoms with Crippen LogP contribution in [0.1, 0.15) is 5.56 Å². The molecule has 0 fully saturated rings. The van der Waals surface area contributed by atoms with Crippen molar-refractivity contribution in [1.82, 2.24) is 4.98 Å². The molecule has 0 unspecified atom stereocenters. The van der Waals surface area contributed by atoms with Crippen molar-refractivity contribution in [3.63, 3.8) is 0 Å². The van der Waals surface area contributed by atoms with Crippen LogP contribution in [0.4, 0.5) is 0 Å². The predicted molar refractivity (Wildman–Crippen MR) is 128 cm³/mol. The average molecular weight is 412 g/mol. The van der Waals surface area contributed by atoms with Crippen molar-refractivity contribution < 1.29 is 4.74 Å². The van der Waals surface area contributed by atoms with Crippen molar-refractivity contribution in [3.8, 4) is 22.8 Å². The number of hydrogen-bond donors (Lipinski definition) is 0. The van der Waals surface area contributed by atoms with Crippen LogP contribution in [0.3, 0.4) is 0 Å². The van der Waals surface area contributed by atoms with E-state index < -0.39 is 8.07 Å². The van der Waals surface area contributed by atoms with E-state index in [4.69, 9.17) is 9.72 Å². The summed E-state index contributed by atoms with van der Waals surface area (Å²) in [5.74, 6) is 2.03. The lowest BCUT2D eigenvalue weighted by atomic mass is 9.95. The molecule has 3 aromatic carbocycles. The molecule has 0 spiro atoms. The number of aromatic nitrogens is 1. The first-order valence-electron chi connectivity index (χ1n) is 10.00. The van der Waals surface area contributed by atoms with Crippen molar-refractivity contribution in [2.45, 2.75) is 26.6 Å². The van der Waals surface area contributed by atoms with Crippen molar-refractivity contribution >= 4 is 55.7 Å². The molecule has 5 aromatic rings. The molecule has 0 atom stereocenters. The molecule has 29 heavy (non-hydrogen) atoms. The normalized spacial score (nSPS) is 13.1. The maximum atomic E-state index is 6.74. The number of thiophene rings is 1. The van der Waals surface area contributed by atoms with Crippen molar-refractivity contribution in [3.05, 3.63) is 60.2 Å². The third-order valence-electron chi connectivity index (χ3n) is 5.87. The van der Waals surface area contributed by atoms with Crippen LogP contribution in [0.5, 0.6) is 11.5 Å². The monoisotopic (exact) mass is 411 g/mol. The third kappa shape index (κ3) is 2.30. The van der Waals surface area contributed by atoms with Gasteiger partial charge in [0, 0.05) is 25.7 Å². The molecular weight excluding hydrogens is 390 g/mol. The molecule has 3 heterocycles. The van der Waals surface area contributed by atoms with Crippen LogP contribution >= 0.6 is 11.3 Å². The first-order chi connectivity index (χ1) is 13.9. The van der Waals surface area contributed by atoms with E-state index in [1.54, 1.807) is 0 Å². The van der Waals surface area contributed by atoms with Gasteiger partial charge in [-0.15, -0.1) is 11.3 Å². The van der Waals surface area contributed by atoms with Gasteiger partial charge >= 0.3 is 0 Å². The second-order valence-corrected chi connectivity index (χ2v) is 15.3. The quantitative estimate of drug-likeness (QED) is 0.266. The van der Waals surface area contributed by atoms with Crippen LogP contribution in [0.2, 0.25) is 19.6 Å². The molecule has 0 saturated heterocycles. The minimum atomic E-state index is -1.58. The fourth-order valence-electron chi connectivity index (χ4n) is 4.47. The molecule has 0 saturated carbocycles. The van der Waals surface area contributed by atoms with Gasteiger partial charge in [-0.05, 0) is 29.8 Å². The number of ether oxygens (including phenoxy) is 1.